The maximum atomic E-state index is 12.0. The minimum Gasteiger partial charge on any atom is -0.376 e. The third-order valence-electron chi connectivity index (χ3n) is 3.99. The number of aryl methyl sites for hydroxylation is 1. The number of benzene rings is 1. The van der Waals surface area contributed by atoms with Gasteiger partial charge in [0.1, 0.15) is 0 Å². The molecule has 5 heteroatoms. The first-order chi connectivity index (χ1) is 11.6. The van der Waals surface area contributed by atoms with Gasteiger partial charge in [-0.05, 0) is 56.2 Å². The van der Waals surface area contributed by atoms with Crippen molar-refractivity contribution < 1.29 is 4.79 Å². The maximum Gasteiger partial charge on any atom is 0.239 e. The van der Waals surface area contributed by atoms with E-state index in [2.05, 4.69) is 53.4 Å². The number of carbonyl (C=O) groups excluding carboxylic acids is 1. The van der Waals surface area contributed by atoms with Gasteiger partial charge in [-0.1, -0.05) is 6.07 Å². The highest BCUT2D eigenvalue weighted by Crippen LogP contribution is 2.22. The Morgan fingerprint density at radius 3 is 2.62 bits per heavy atom. The Hall–Kier alpha value is -2.56. The van der Waals surface area contributed by atoms with Crippen LogP contribution in [0.3, 0.4) is 0 Å². The Balaban J connectivity index is 1.86. The van der Waals surface area contributed by atoms with Crippen molar-refractivity contribution in [1.29, 1.82) is 0 Å². The Morgan fingerprint density at radius 2 is 2.00 bits per heavy atom. The molecular weight excluding hydrogens is 300 g/mol. The van der Waals surface area contributed by atoms with Gasteiger partial charge in [-0.15, -0.1) is 0 Å². The zero-order chi connectivity index (χ0) is 17.4. The SMILES string of the molecule is CCN(CC)c1ccc(NCC(=O)NCc2cccnc2)c(C)c1. The molecule has 0 atom stereocenters. The van der Waals surface area contributed by atoms with Crippen LogP contribution in [0, 0.1) is 6.92 Å². The van der Waals surface area contributed by atoms with E-state index in [1.165, 1.54) is 5.69 Å². The molecule has 0 aliphatic carbocycles. The molecule has 128 valence electrons. The van der Waals surface area contributed by atoms with Gasteiger partial charge >= 0.3 is 0 Å². The van der Waals surface area contributed by atoms with Gasteiger partial charge in [-0.25, -0.2) is 0 Å². The monoisotopic (exact) mass is 326 g/mol. The van der Waals surface area contributed by atoms with Gasteiger partial charge in [-0.2, -0.15) is 0 Å². The number of hydrogen-bond donors (Lipinski definition) is 2. The molecule has 5 nitrogen and oxygen atoms in total. The number of nitrogens with zero attached hydrogens (tertiary/aromatic N) is 2. The maximum absolute atomic E-state index is 12.0. The van der Waals surface area contributed by atoms with Crippen LogP contribution < -0.4 is 15.5 Å². The molecule has 0 aliphatic heterocycles. The molecule has 0 aliphatic rings. The summed E-state index contributed by atoms with van der Waals surface area (Å²) in [6.07, 6.45) is 3.47. The van der Waals surface area contributed by atoms with Gasteiger partial charge in [0.25, 0.3) is 0 Å². The van der Waals surface area contributed by atoms with E-state index >= 15 is 0 Å². The minimum atomic E-state index is -0.0360. The second-order valence-corrected chi connectivity index (χ2v) is 5.66. The van der Waals surface area contributed by atoms with Gasteiger partial charge in [0.2, 0.25) is 5.91 Å². The van der Waals surface area contributed by atoms with Crippen LogP contribution >= 0.6 is 0 Å². The summed E-state index contributed by atoms with van der Waals surface area (Å²) in [5, 5.41) is 6.09. The third kappa shape index (κ3) is 4.98. The Bertz CT molecular complexity index is 654. The molecule has 1 amide bonds. The summed E-state index contributed by atoms with van der Waals surface area (Å²) in [5.41, 5.74) is 4.33. The summed E-state index contributed by atoms with van der Waals surface area (Å²) in [6, 6.07) is 10.1. The molecular formula is C19H26N4O. The van der Waals surface area contributed by atoms with Crippen molar-refractivity contribution in [3.05, 3.63) is 53.9 Å². The molecule has 24 heavy (non-hydrogen) atoms. The van der Waals surface area contributed by atoms with Crippen LogP contribution in [0.15, 0.2) is 42.7 Å². The van der Waals surface area contributed by atoms with Crippen LogP contribution in [0.4, 0.5) is 11.4 Å². The fourth-order valence-corrected chi connectivity index (χ4v) is 2.57. The van der Waals surface area contributed by atoms with Crippen LogP contribution in [0.1, 0.15) is 25.0 Å². The number of carbonyl (C=O) groups is 1. The summed E-state index contributed by atoms with van der Waals surface area (Å²) in [7, 11) is 0. The first-order valence-corrected chi connectivity index (χ1v) is 8.39. The van der Waals surface area contributed by atoms with Crippen molar-refractivity contribution in [2.45, 2.75) is 27.3 Å². The molecule has 0 bridgehead atoms. The molecule has 0 fully saturated rings. The molecule has 1 aromatic carbocycles. The van der Waals surface area contributed by atoms with E-state index in [0.29, 0.717) is 6.54 Å². The van der Waals surface area contributed by atoms with E-state index in [1.54, 1.807) is 12.4 Å². The van der Waals surface area contributed by atoms with Gasteiger partial charge in [-0.3, -0.25) is 9.78 Å². The lowest BCUT2D eigenvalue weighted by Crippen LogP contribution is -2.29. The van der Waals surface area contributed by atoms with Gasteiger partial charge in [0.05, 0.1) is 6.54 Å². The smallest absolute Gasteiger partial charge is 0.239 e. The van der Waals surface area contributed by atoms with Crippen molar-refractivity contribution in [1.82, 2.24) is 10.3 Å². The first kappa shape index (κ1) is 17.8. The average molecular weight is 326 g/mol. The van der Waals surface area contributed by atoms with E-state index in [4.69, 9.17) is 0 Å². The van der Waals surface area contributed by atoms with Crippen LogP contribution in [-0.2, 0) is 11.3 Å². The van der Waals surface area contributed by atoms with E-state index in [0.717, 1.165) is 29.9 Å². The average Bonchev–Trinajstić information content (AvgIpc) is 2.61. The van der Waals surface area contributed by atoms with E-state index < -0.39 is 0 Å². The highest BCUT2D eigenvalue weighted by atomic mass is 16.1. The lowest BCUT2D eigenvalue weighted by atomic mass is 10.1. The molecule has 2 rings (SSSR count). The topological polar surface area (TPSA) is 57.3 Å². The predicted molar refractivity (Wildman–Crippen MR) is 99.3 cm³/mol. The number of rotatable bonds is 8. The molecule has 0 unspecified atom stereocenters. The van der Waals surface area contributed by atoms with Crippen molar-refractivity contribution in [3.63, 3.8) is 0 Å². The summed E-state index contributed by atoms with van der Waals surface area (Å²) in [6.45, 7) is 9.08. The molecule has 2 N–H and O–H groups in total. The fraction of sp³-hybridized carbons (Fsp3) is 0.368. The second kappa shape index (κ2) is 8.91. The van der Waals surface area contributed by atoms with Crippen LogP contribution in [0.2, 0.25) is 0 Å². The molecule has 0 radical (unpaired) electrons. The minimum absolute atomic E-state index is 0.0360. The Morgan fingerprint density at radius 1 is 1.21 bits per heavy atom. The van der Waals surface area contributed by atoms with Crippen LogP contribution in [0.5, 0.6) is 0 Å². The fourth-order valence-electron chi connectivity index (χ4n) is 2.57. The number of hydrogen-bond acceptors (Lipinski definition) is 4. The normalized spacial score (nSPS) is 10.3. The summed E-state index contributed by atoms with van der Waals surface area (Å²) in [5.74, 6) is -0.0360. The number of amides is 1. The summed E-state index contributed by atoms with van der Waals surface area (Å²) < 4.78 is 0. The lowest BCUT2D eigenvalue weighted by molar-refractivity contribution is -0.119. The van der Waals surface area contributed by atoms with E-state index in [1.807, 2.05) is 18.2 Å². The van der Waals surface area contributed by atoms with Gasteiger partial charge < -0.3 is 15.5 Å². The first-order valence-electron chi connectivity index (χ1n) is 8.39. The van der Waals surface area contributed by atoms with Gasteiger partial charge in [0.15, 0.2) is 0 Å². The van der Waals surface area contributed by atoms with Crippen LogP contribution in [0.25, 0.3) is 0 Å². The van der Waals surface area contributed by atoms with E-state index in [9.17, 15) is 4.79 Å². The van der Waals surface area contributed by atoms with Crippen molar-refractivity contribution in [2.24, 2.45) is 0 Å². The molecule has 2 aromatic rings. The van der Waals surface area contributed by atoms with Crippen LogP contribution in [-0.4, -0.2) is 30.5 Å². The standard InChI is InChI=1S/C19H26N4O/c1-4-23(5-2)17-8-9-18(15(3)11-17)21-14-19(24)22-13-16-7-6-10-20-12-16/h6-12,21H,4-5,13-14H2,1-3H3,(H,22,24). The Labute approximate surface area is 144 Å². The number of aromatic nitrogens is 1. The largest absolute Gasteiger partial charge is 0.376 e. The lowest BCUT2D eigenvalue weighted by Gasteiger charge is -2.22. The molecule has 0 saturated heterocycles. The zero-order valence-corrected chi connectivity index (χ0v) is 14.7. The highest BCUT2D eigenvalue weighted by molar-refractivity contribution is 5.81. The molecule has 0 saturated carbocycles. The highest BCUT2D eigenvalue weighted by Gasteiger charge is 2.06. The Kier molecular flexibility index (Phi) is 6.61. The summed E-state index contributed by atoms with van der Waals surface area (Å²) >= 11 is 0. The quantitative estimate of drug-likeness (QED) is 0.783. The molecule has 1 aromatic heterocycles. The van der Waals surface area contributed by atoms with Crippen molar-refractivity contribution in [3.8, 4) is 0 Å². The molecule has 1 heterocycles. The predicted octanol–water partition coefficient (Wildman–Crippen LogP) is 2.96. The number of pyridine rings is 1. The third-order valence-corrected chi connectivity index (χ3v) is 3.99. The zero-order valence-electron chi connectivity index (χ0n) is 14.7. The summed E-state index contributed by atoms with van der Waals surface area (Å²) in [4.78, 5) is 18.3. The number of nitrogens with one attached hydrogen (secondary N) is 2. The second-order valence-electron chi connectivity index (χ2n) is 5.66. The van der Waals surface area contributed by atoms with Gasteiger partial charge in [0, 0.05) is 43.4 Å². The van der Waals surface area contributed by atoms with E-state index in [-0.39, 0.29) is 12.5 Å². The molecule has 0 spiro atoms. The van der Waals surface area contributed by atoms with Crippen molar-refractivity contribution >= 4 is 17.3 Å². The number of anilines is 2. The van der Waals surface area contributed by atoms with Crippen molar-refractivity contribution in [2.75, 3.05) is 29.9 Å².